The van der Waals surface area contributed by atoms with E-state index < -0.39 is 0 Å². The van der Waals surface area contributed by atoms with Crippen LogP contribution in [-0.2, 0) is 0 Å². The molecule has 0 spiro atoms. The minimum atomic E-state index is -0.0611. The summed E-state index contributed by atoms with van der Waals surface area (Å²) in [6, 6.07) is 6.08. The van der Waals surface area contributed by atoms with Gasteiger partial charge >= 0.3 is 0 Å². The van der Waals surface area contributed by atoms with Crippen molar-refractivity contribution in [3.8, 4) is 0 Å². The zero-order valence-electron chi connectivity index (χ0n) is 12.6. The molecule has 1 saturated heterocycles. The number of benzene rings is 1. The number of amides is 1. The molecule has 1 unspecified atom stereocenters. The van der Waals surface area contributed by atoms with Crippen LogP contribution in [-0.4, -0.2) is 40.1 Å². The van der Waals surface area contributed by atoms with Crippen LogP contribution in [0.5, 0.6) is 0 Å². The standard InChI is InChI=1S/C15H19IN4O.ClH/c1-15(2)8-20(6-5-12(15)17)14(21)13-10-7-9(16)3-4-11(10)18-19-13;/h3-4,7,12H,5-6,8,17H2,1-2H3,(H,18,19);1H. The molecular weight excluding hydrogens is 415 g/mol. The number of fused-ring (bicyclic) bond motifs is 1. The van der Waals surface area contributed by atoms with Gasteiger partial charge in [0.25, 0.3) is 5.91 Å². The maximum Gasteiger partial charge on any atom is 0.275 e. The summed E-state index contributed by atoms with van der Waals surface area (Å²) < 4.78 is 1.09. The van der Waals surface area contributed by atoms with Gasteiger partial charge in [0.05, 0.1) is 5.52 Å². The minimum Gasteiger partial charge on any atom is -0.337 e. The van der Waals surface area contributed by atoms with Crippen LogP contribution in [0.4, 0.5) is 0 Å². The number of likely N-dealkylation sites (tertiary alicyclic amines) is 1. The summed E-state index contributed by atoms with van der Waals surface area (Å²) in [4.78, 5) is 14.7. The molecule has 1 aliphatic rings. The van der Waals surface area contributed by atoms with Crippen LogP contribution in [0.2, 0.25) is 0 Å². The Hall–Kier alpha value is -0.860. The molecule has 5 nitrogen and oxygen atoms in total. The van der Waals surface area contributed by atoms with Gasteiger partial charge in [-0.3, -0.25) is 9.89 Å². The zero-order valence-corrected chi connectivity index (χ0v) is 15.6. The third-order valence-electron chi connectivity index (χ3n) is 4.33. The number of carbonyl (C=O) groups excluding carboxylic acids is 1. The van der Waals surface area contributed by atoms with Gasteiger partial charge in [-0.15, -0.1) is 12.4 Å². The molecule has 7 heteroatoms. The number of aromatic nitrogens is 2. The highest BCUT2D eigenvalue weighted by Gasteiger charge is 2.36. The van der Waals surface area contributed by atoms with E-state index >= 15 is 0 Å². The number of piperidine rings is 1. The van der Waals surface area contributed by atoms with Crippen molar-refractivity contribution in [2.45, 2.75) is 26.3 Å². The zero-order chi connectivity index (χ0) is 15.2. The van der Waals surface area contributed by atoms with E-state index in [-0.39, 0.29) is 29.8 Å². The Labute approximate surface area is 149 Å². The van der Waals surface area contributed by atoms with Gasteiger partial charge in [0.1, 0.15) is 0 Å². The van der Waals surface area contributed by atoms with Gasteiger partial charge in [0.2, 0.25) is 0 Å². The van der Waals surface area contributed by atoms with Gasteiger partial charge in [0.15, 0.2) is 5.69 Å². The van der Waals surface area contributed by atoms with Gasteiger partial charge in [-0.1, -0.05) is 13.8 Å². The fourth-order valence-corrected chi connectivity index (χ4v) is 3.34. The summed E-state index contributed by atoms with van der Waals surface area (Å²) in [5, 5.41) is 8.06. The van der Waals surface area contributed by atoms with E-state index in [9.17, 15) is 4.79 Å². The second kappa shape index (κ2) is 6.33. The van der Waals surface area contributed by atoms with Crippen molar-refractivity contribution in [3.63, 3.8) is 0 Å². The highest BCUT2D eigenvalue weighted by atomic mass is 127. The third-order valence-corrected chi connectivity index (χ3v) is 5.00. The Morgan fingerprint density at radius 3 is 2.91 bits per heavy atom. The first-order chi connectivity index (χ1) is 9.88. The quantitative estimate of drug-likeness (QED) is 0.678. The fourth-order valence-electron chi connectivity index (χ4n) is 2.85. The fraction of sp³-hybridized carbons (Fsp3) is 0.467. The van der Waals surface area contributed by atoms with Crippen molar-refractivity contribution in [1.29, 1.82) is 0 Å². The van der Waals surface area contributed by atoms with Gasteiger partial charge < -0.3 is 10.6 Å². The average Bonchev–Trinajstić information content (AvgIpc) is 2.84. The number of halogens is 2. The van der Waals surface area contributed by atoms with Crippen molar-refractivity contribution < 1.29 is 4.79 Å². The number of nitrogens with zero attached hydrogens (tertiary/aromatic N) is 2. The Balaban J connectivity index is 0.00000176. The second-order valence-electron chi connectivity index (χ2n) is 6.37. The Morgan fingerprint density at radius 2 is 2.23 bits per heavy atom. The summed E-state index contributed by atoms with van der Waals surface area (Å²) in [6.45, 7) is 5.60. The first kappa shape index (κ1) is 17.5. The van der Waals surface area contributed by atoms with Gasteiger partial charge in [0, 0.05) is 28.1 Å². The molecule has 0 saturated carbocycles. The lowest BCUT2D eigenvalue weighted by molar-refractivity contribution is 0.0529. The van der Waals surface area contributed by atoms with Crippen LogP contribution >= 0.6 is 35.0 Å². The molecule has 3 N–H and O–H groups in total. The van der Waals surface area contributed by atoms with Crippen molar-refractivity contribution in [3.05, 3.63) is 27.5 Å². The van der Waals surface area contributed by atoms with E-state index in [0.29, 0.717) is 18.8 Å². The van der Waals surface area contributed by atoms with Crippen molar-refractivity contribution in [2.24, 2.45) is 11.1 Å². The van der Waals surface area contributed by atoms with E-state index in [2.05, 4.69) is 46.6 Å². The molecule has 1 aromatic heterocycles. The number of hydrogen-bond acceptors (Lipinski definition) is 3. The van der Waals surface area contributed by atoms with Gasteiger partial charge in [-0.05, 0) is 52.6 Å². The normalized spacial score (nSPS) is 20.7. The number of carbonyl (C=O) groups is 1. The monoisotopic (exact) mass is 434 g/mol. The maximum atomic E-state index is 12.8. The van der Waals surface area contributed by atoms with Crippen molar-refractivity contribution in [1.82, 2.24) is 15.1 Å². The predicted octanol–water partition coefficient (Wildman–Crippen LogP) is 2.79. The molecule has 1 atom stereocenters. The highest BCUT2D eigenvalue weighted by Crippen LogP contribution is 2.29. The van der Waals surface area contributed by atoms with Gasteiger partial charge in [-0.2, -0.15) is 5.10 Å². The molecule has 2 heterocycles. The number of aromatic amines is 1. The molecule has 0 radical (unpaired) electrons. The lowest BCUT2D eigenvalue weighted by Gasteiger charge is -2.42. The molecule has 0 aliphatic carbocycles. The van der Waals surface area contributed by atoms with Crippen molar-refractivity contribution >= 4 is 51.8 Å². The van der Waals surface area contributed by atoms with Crippen LogP contribution in [0, 0.1) is 8.99 Å². The number of nitrogens with two attached hydrogens (primary N) is 1. The lowest BCUT2D eigenvalue weighted by Crippen LogP contribution is -2.54. The van der Waals surface area contributed by atoms with Crippen LogP contribution in [0.15, 0.2) is 18.2 Å². The topological polar surface area (TPSA) is 75.0 Å². The molecule has 2 aromatic rings. The molecule has 1 amide bonds. The van der Waals surface area contributed by atoms with Crippen LogP contribution in [0.3, 0.4) is 0 Å². The molecule has 22 heavy (non-hydrogen) atoms. The minimum absolute atomic E-state index is 0. The number of nitrogens with one attached hydrogen (secondary N) is 1. The van der Waals surface area contributed by atoms with Crippen LogP contribution in [0.25, 0.3) is 10.9 Å². The molecular formula is C15H20ClIN4O. The van der Waals surface area contributed by atoms with E-state index in [1.54, 1.807) is 0 Å². The average molecular weight is 435 g/mol. The highest BCUT2D eigenvalue weighted by molar-refractivity contribution is 14.1. The number of H-pyrrole nitrogens is 1. The first-order valence-corrected chi connectivity index (χ1v) is 8.15. The smallest absolute Gasteiger partial charge is 0.275 e. The lowest BCUT2D eigenvalue weighted by atomic mass is 9.79. The Bertz CT molecular complexity index is 700. The van der Waals surface area contributed by atoms with E-state index in [0.717, 1.165) is 20.9 Å². The summed E-state index contributed by atoms with van der Waals surface area (Å²) >= 11 is 2.25. The summed E-state index contributed by atoms with van der Waals surface area (Å²) in [6.07, 6.45) is 0.832. The largest absolute Gasteiger partial charge is 0.337 e. The molecule has 1 fully saturated rings. The molecule has 3 rings (SSSR count). The molecule has 120 valence electrons. The van der Waals surface area contributed by atoms with Crippen LogP contribution in [0.1, 0.15) is 30.8 Å². The Morgan fingerprint density at radius 1 is 1.50 bits per heavy atom. The van der Waals surface area contributed by atoms with E-state index in [1.807, 2.05) is 23.1 Å². The predicted molar refractivity (Wildman–Crippen MR) is 98.3 cm³/mol. The summed E-state index contributed by atoms with van der Waals surface area (Å²) in [5.41, 5.74) is 7.49. The van der Waals surface area contributed by atoms with E-state index in [1.165, 1.54) is 0 Å². The Kier molecular flexibility index (Phi) is 5.03. The molecule has 1 aromatic carbocycles. The number of hydrogen-bond donors (Lipinski definition) is 2. The number of rotatable bonds is 1. The van der Waals surface area contributed by atoms with Crippen molar-refractivity contribution in [2.75, 3.05) is 13.1 Å². The molecule has 1 aliphatic heterocycles. The second-order valence-corrected chi connectivity index (χ2v) is 7.62. The molecule has 0 bridgehead atoms. The van der Waals surface area contributed by atoms with Gasteiger partial charge in [-0.25, -0.2) is 0 Å². The third kappa shape index (κ3) is 3.09. The summed E-state index contributed by atoms with van der Waals surface area (Å²) in [5.74, 6) is -0.0109. The van der Waals surface area contributed by atoms with Crippen LogP contribution < -0.4 is 5.73 Å². The summed E-state index contributed by atoms with van der Waals surface area (Å²) in [7, 11) is 0. The first-order valence-electron chi connectivity index (χ1n) is 7.07. The SMILES string of the molecule is CC1(C)CN(C(=O)c2n[nH]c3ccc(I)cc23)CCC1N.Cl. The van der Waals surface area contributed by atoms with E-state index in [4.69, 9.17) is 5.73 Å². The maximum absolute atomic E-state index is 12.8.